The minimum absolute atomic E-state index is 0.0300. The van der Waals surface area contributed by atoms with Gasteiger partial charge in [-0.3, -0.25) is 9.69 Å². The third-order valence-electron chi connectivity index (χ3n) is 9.93. The zero-order valence-corrected chi connectivity index (χ0v) is 42.8. The monoisotopic (exact) mass is 1020 g/mol. The summed E-state index contributed by atoms with van der Waals surface area (Å²) in [6, 6.07) is 6.14. The van der Waals surface area contributed by atoms with E-state index in [-0.39, 0.29) is 31.0 Å². The van der Waals surface area contributed by atoms with E-state index in [1.54, 1.807) is 29.0 Å². The molecule has 0 fully saturated rings. The van der Waals surface area contributed by atoms with E-state index < -0.39 is 23.6 Å². The Hall–Kier alpha value is -3.13. The molecule has 0 saturated heterocycles. The molecule has 70 heavy (non-hydrogen) atoms. The van der Waals surface area contributed by atoms with Crippen LogP contribution in [-0.4, -0.2) is 191 Å². The number of amidine groups is 1. The Morgan fingerprint density at radius 3 is 1.64 bits per heavy atom. The number of amides is 1. The Labute approximate surface area is 416 Å². The number of hydrogen-bond donors (Lipinski definition) is 2. The number of benzene rings is 1. The number of aliphatic hydroxyl groups excluding tert-OH is 1. The molecule has 3 N–H and O–H groups in total. The summed E-state index contributed by atoms with van der Waals surface area (Å²) in [6.07, 6.45) is -2.42. The Kier molecular flexibility index (Phi) is 31.4. The van der Waals surface area contributed by atoms with Crippen LogP contribution < -0.4 is 5.73 Å². The lowest BCUT2D eigenvalue weighted by Crippen LogP contribution is -2.33. The first-order valence-electron chi connectivity index (χ1n) is 24.1. The molecule has 21 heteroatoms. The van der Waals surface area contributed by atoms with Gasteiger partial charge in [-0.15, -0.1) is 11.3 Å². The van der Waals surface area contributed by atoms with Crippen LogP contribution in [0.1, 0.15) is 68.5 Å². The van der Waals surface area contributed by atoms with Gasteiger partial charge < -0.3 is 67.8 Å². The average molecular weight is 1020 g/mol. The minimum atomic E-state index is -4.57. The number of ether oxygens (including phenoxy) is 11. The molecule has 0 aliphatic carbocycles. The molecule has 0 bridgehead atoms. The van der Waals surface area contributed by atoms with Gasteiger partial charge in [-0.1, -0.05) is 19.1 Å². The summed E-state index contributed by atoms with van der Waals surface area (Å²) >= 11 is 1.45. The highest BCUT2D eigenvalue weighted by atomic mass is 32.1. The van der Waals surface area contributed by atoms with Gasteiger partial charge in [-0.2, -0.15) is 13.2 Å². The van der Waals surface area contributed by atoms with Crippen LogP contribution in [0.2, 0.25) is 0 Å². The maximum atomic E-state index is 14.3. The van der Waals surface area contributed by atoms with E-state index in [1.807, 2.05) is 39.1 Å². The molecule has 1 aliphatic rings. The van der Waals surface area contributed by atoms with Gasteiger partial charge >= 0.3 is 6.18 Å². The van der Waals surface area contributed by atoms with Gasteiger partial charge in [-0.25, -0.2) is 4.99 Å². The lowest BCUT2D eigenvalue weighted by atomic mass is 10.0. The highest BCUT2D eigenvalue weighted by molar-refractivity contribution is 7.11. The van der Waals surface area contributed by atoms with Crippen molar-refractivity contribution in [3.63, 3.8) is 0 Å². The number of likely N-dealkylation sites (N-methyl/N-ethyl adjacent to an activating group) is 1. The first-order valence-corrected chi connectivity index (χ1v) is 25.0. The van der Waals surface area contributed by atoms with E-state index in [2.05, 4.69) is 4.99 Å². The van der Waals surface area contributed by atoms with Gasteiger partial charge in [-0.05, 0) is 69.0 Å². The van der Waals surface area contributed by atoms with Crippen molar-refractivity contribution in [2.75, 3.05) is 152 Å². The second-order valence-corrected chi connectivity index (χ2v) is 18.1. The molecule has 1 aromatic heterocycles. The van der Waals surface area contributed by atoms with Crippen molar-refractivity contribution in [1.29, 1.82) is 0 Å². The molecule has 0 saturated carbocycles. The molecule has 1 amide bonds. The smallest absolute Gasteiger partial charge is 0.387 e. The number of nitrogens with zero attached hydrogens (tertiary/aromatic N) is 3. The van der Waals surface area contributed by atoms with E-state index in [0.29, 0.717) is 181 Å². The molecule has 400 valence electrons. The zero-order chi connectivity index (χ0) is 50.9. The van der Waals surface area contributed by atoms with E-state index >= 15 is 0 Å². The van der Waals surface area contributed by atoms with Gasteiger partial charge in [0, 0.05) is 44.6 Å². The number of hydrogen-bond acceptors (Lipinski definition) is 17. The Morgan fingerprint density at radius 1 is 0.714 bits per heavy atom. The average Bonchev–Trinajstić information content (AvgIpc) is 3.66. The lowest BCUT2D eigenvalue weighted by molar-refractivity contribution is -0.173. The van der Waals surface area contributed by atoms with Crippen LogP contribution in [0.5, 0.6) is 0 Å². The molecule has 1 aromatic carbocycles. The maximum Gasteiger partial charge on any atom is 0.416 e. The number of aliphatic imine (C=N–C) groups is 1. The molecule has 0 radical (unpaired) electrons. The van der Waals surface area contributed by atoms with Gasteiger partial charge in [0.1, 0.15) is 5.84 Å². The van der Waals surface area contributed by atoms with E-state index in [1.165, 1.54) is 17.4 Å². The summed E-state index contributed by atoms with van der Waals surface area (Å²) in [4.78, 5) is 22.2. The van der Waals surface area contributed by atoms with Crippen molar-refractivity contribution in [3.05, 3.63) is 56.8 Å². The fourth-order valence-electron chi connectivity index (χ4n) is 6.64. The molecule has 1 unspecified atom stereocenters. The van der Waals surface area contributed by atoms with Crippen LogP contribution in [0.15, 0.2) is 40.2 Å². The highest BCUT2D eigenvalue weighted by Gasteiger charge is 2.34. The SMILES string of the molecule is CCCN(Cc1ccc(CN(C)CCOCCOCCOCCOCCOCCOCCOCCOCCOCCOCCC(O)OC(C)(C)C)c(C(F)(F)F)c1)C(=O)C1=Cc2sccc2N=C(N)C1. The van der Waals surface area contributed by atoms with Crippen molar-refractivity contribution in [3.8, 4) is 0 Å². The summed E-state index contributed by atoms with van der Waals surface area (Å²) in [5.41, 5.74) is 6.67. The van der Waals surface area contributed by atoms with Gasteiger partial charge in [0.2, 0.25) is 0 Å². The number of carbonyl (C=O) groups excluding carboxylic acids is 1. The van der Waals surface area contributed by atoms with Crippen molar-refractivity contribution in [2.24, 2.45) is 10.7 Å². The molecular weight excluding hydrogens is 942 g/mol. The van der Waals surface area contributed by atoms with Crippen molar-refractivity contribution in [2.45, 2.75) is 78.1 Å². The van der Waals surface area contributed by atoms with E-state index in [9.17, 15) is 23.1 Å². The van der Waals surface area contributed by atoms with Crippen LogP contribution in [0.4, 0.5) is 18.9 Å². The number of alkyl halides is 3. The van der Waals surface area contributed by atoms with Crippen molar-refractivity contribution >= 4 is 34.8 Å². The first-order chi connectivity index (χ1) is 33.7. The molecule has 1 atom stereocenters. The first kappa shape index (κ1) is 61.2. The quantitative estimate of drug-likeness (QED) is 0.0575. The number of nitrogens with two attached hydrogens (primary N) is 1. The summed E-state index contributed by atoms with van der Waals surface area (Å²) in [7, 11) is 1.75. The summed E-state index contributed by atoms with van der Waals surface area (Å²) in [5, 5.41) is 11.6. The molecule has 3 rings (SSSR count). The van der Waals surface area contributed by atoms with Crippen LogP contribution in [0.25, 0.3) is 6.08 Å². The second kappa shape index (κ2) is 35.9. The Morgan fingerprint density at radius 2 is 1.19 bits per heavy atom. The highest BCUT2D eigenvalue weighted by Crippen LogP contribution is 2.35. The predicted molar refractivity (Wildman–Crippen MR) is 261 cm³/mol. The number of fused-ring (bicyclic) bond motifs is 1. The fraction of sp³-hybridized carbons (Fsp3) is 0.714. The third-order valence-corrected chi connectivity index (χ3v) is 10.8. The van der Waals surface area contributed by atoms with Gasteiger partial charge in [0.25, 0.3) is 5.91 Å². The molecule has 17 nitrogen and oxygen atoms in total. The topological polar surface area (TPSA) is 184 Å². The number of aliphatic hydroxyl groups is 1. The normalized spacial score (nSPS) is 13.6. The van der Waals surface area contributed by atoms with Crippen molar-refractivity contribution < 1.29 is 75.2 Å². The van der Waals surface area contributed by atoms with Crippen LogP contribution in [0, 0.1) is 0 Å². The second-order valence-electron chi connectivity index (χ2n) is 17.2. The number of halogens is 3. The maximum absolute atomic E-state index is 14.3. The van der Waals surface area contributed by atoms with Crippen molar-refractivity contribution in [1.82, 2.24) is 9.80 Å². The number of carbonyl (C=O) groups is 1. The molecule has 2 aromatic rings. The third kappa shape index (κ3) is 28.2. The fourth-order valence-corrected chi connectivity index (χ4v) is 7.43. The zero-order valence-electron chi connectivity index (χ0n) is 41.9. The summed E-state index contributed by atoms with van der Waals surface area (Å²) in [6.45, 7) is 17.0. The summed E-state index contributed by atoms with van der Waals surface area (Å²) < 4.78 is 104. The minimum Gasteiger partial charge on any atom is -0.387 e. The van der Waals surface area contributed by atoms with Crippen LogP contribution in [0.3, 0.4) is 0 Å². The number of thiophene rings is 1. The Bertz CT molecular complexity index is 1770. The molecule has 0 spiro atoms. The predicted octanol–water partition coefficient (Wildman–Crippen LogP) is 6.10. The molecular formula is C49H79F3N4O13S. The summed E-state index contributed by atoms with van der Waals surface area (Å²) in [5.74, 6) is 0.0413. The standard InChI is InChI=1S/C49H79F3N4O13S/c1-6-11-56(47(58)41-35-44-43(10-33-70-44)54-45(53)36-41)37-39-7-8-40(42(34-39)49(50,51)52)38-55(5)12-14-60-16-18-62-20-22-64-24-26-66-28-30-68-32-31-67-29-27-65-25-23-63-21-19-61-17-15-59-13-9-46(57)69-48(2,3)4/h7-8,10,33-35,46,57H,6,9,11-32,36-38H2,1-5H3,(H2,53,54). The molecule has 1 aliphatic heterocycles. The van der Waals surface area contributed by atoms with Crippen LogP contribution in [-0.2, 0) is 76.2 Å². The number of rotatable bonds is 41. The largest absolute Gasteiger partial charge is 0.416 e. The molecule has 2 heterocycles. The lowest BCUT2D eigenvalue weighted by Gasteiger charge is -2.25. The van der Waals surface area contributed by atoms with E-state index in [0.717, 1.165) is 10.9 Å². The van der Waals surface area contributed by atoms with Crippen LogP contribution >= 0.6 is 11.3 Å². The van der Waals surface area contributed by atoms with E-state index in [4.69, 9.17) is 57.8 Å². The van der Waals surface area contributed by atoms with Gasteiger partial charge in [0.05, 0.1) is 154 Å². The Balaban J connectivity index is 1.10. The van der Waals surface area contributed by atoms with Gasteiger partial charge in [0.15, 0.2) is 6.29 Å².